The van der Waals surface area contributed by atoms with Crippen LogP contribution in [0.25, 0.3) is 5.69 Å². The highest BCUT2D eigenvalue weighted by Gasteiger charge is 2.37. The van der Waals surface area contributed by atoms with Crippen molar-refractivity contribution < 1.29 is 35.5 Å². The van der Waals surface area contributed by atoms with E-state index in [1.807, 2.05) is 0 Å². The summed E-state index contributed by atoms with van der Waals surface area (Å²) in [5.41, 5.74) is -3.96. The summed E-state index contributed by atoms with van der Waals surface area (Å²) in [5, 5.41) is 12.7. The van der Waals surface area contributed by atoms with Crippen LogP contribution in [0.1, 0.15) is 12.1 Å². The summed E-state index contributed by atoms with van der Waals surface area (Å²) in [4.78, 5) is 28.3. The topological polar surface area (TPSA) is 190 Å². The van der Waals surface area contributed by atoms with E-state index >= 15 is 0 Å². The zero-order valence-electron chi connectivity index (χ0n) is 17.9. The van der Waals surface area contributed by atoms with Crippen molar-refractivity contribution in [3.63, 3.8) is 0 Å². The van der Waals surface area contributed by atoms with Crippen LogP contribution in [0.4, 0.5) is 8.78 Å². The number of ether oxygens (including phenoxy) is 1. The summed E-state index contributed by atoms with van der Waals surface area (Å²) in [6.07, 6.45) is -2.52. The van der Waals surface area contributed by atoms with Crippen molar-refractivity contribution in [3.8, 4) is 23.1 Å². The van der Waals surface area contributed by atoms with Crippen molar-refractivity contribution in [3.05, 3.63) is 61.0 Å². The maximum Gasteiger partial charge on any atom is 0.349 e. The molecule has 1 aliphatic heterocycles. The second-order valence-electron chi connectivity index (χ2n) is 7.58. The maximum atomic E-state index is 13.0. The molecule has 1 aliphatic rings. The highest BCUT2D eigenvalue weighted by Crippen LogP contribution is 2.38. The van der Waals surface area contributed by atoms with Gasteiger partial charge in [0, 0.05) is 12.1 Å². The average molecular weight is 600 g/mol. The fraction of sp³-hybridized carbons (Fsp3) is 0.222. The number of hydrogen-bond acceptors (Lipinski definition) is 10. The molecule has 198 valence electrons. The summed E-state index contributed by atoms with van der Waals surface area (Å²) >= 11 is 12.3. The van der Waals surface area contributed by atoms with Gasteiger partial charge in [0.25, 0.3) is 12.0 Å². The molecule has 1 fully saturated rings. The highest BCUT2D eigenvalue weighted by molar-refractivity contribution is 7.93. The number of benzene rings is 1. The van der Waals surface area contributed by atoms with Crippen LogP contribution in [-0.4, -0.2) is 59.2 Å². The molecule has 3 heterocycles. The third-order valence-electron chi connectivity index (χ3n) is 4.84. The molecule has 37 heavy (non-hydrogen) atoms. The number of aromatic amines is 1. The molecule has 0 saturated carbocycles. The van der Waals surface area contributed by atoms with Crippen LogP contribution >= 0.6 is 23.2 Å². The number of hydrogen-bond donors (Lipinski definition) is 3. The second-order valence-corrected chi connectivity index (χ2v) is 12.2. The number of sulfone groups is 1. The van der Waals surface area contributed by atoms with Gasteiger partial charge < -0.3 is 9.84 Å². The fourth-order valence-electron chi connectivity index (χ4n) is 3.20. The Bertz CT molecular complexity index is 1710. The molecular formula is C18H13Cl2F2N5O8S2. The van der Waals surface area contributed by atoms with E-state index in [1.165, 1.54) is 0 Å². The van der Waals surface area contributed by atoms with Crippen LogP contribution in [0.15, 0.2) is 38.9 Å². The Hall–Kier alpha value is -3.12. The molecule has 1 saturated heterocycles. The van der Waals surface area contributed by atoms with E-state index in [0.29, 0.717) is 4.68 Å². The number of alkyl halides is 2. The lowest BCUT2D eigenvalue weighted by atomic mass is 10.3. The first kappa shape index (κ1) is 26.9. The first-order valence-corrected chi connectivity index (χ1v) is 13.8. The minimum Gasteiger partial charge on any atom is -0.505 e. The van der Waals surface area contributed by atoms with E-state index in [4.69, 9.17) is 27.9 Å². The molecule has 0 aliphatic carbocycles. The van der Waals surface area contributed by atoms with Gasteiger partial charge in [-0.3, -0.25) is 9.78 Å². The van der Waals surface area contributed by atoms with E-state index in [2.05, 4.69) is 14.8 Å². The summed E-state index contributed by atoms with van der Waals surface area (Å²) in [7, 11) is -7.71. The Labute approximate surface area is 215 Å². The van der Waals surface area contributed by atoms with Crippen molar-refractivity contribution in [1.29, 1.82) is 0 Å². The zero-order chi connectivity index (χ0) is 27.3. The number of nitrogens with zero attached hydrogens (tertiary/aromatic N) is 3. The van der Waals surface area contributed by atoms with Gasteiger partial charge in [-0.15, -0.1) is 0 Å². The SMILES string of the molecule is O=c1[nH]c(=O)n(-c2cc(Cl)c(Oc3cc(S(=O)(=O)NC4CS(=O)(=O)C4)c(O)cn3)c(Cl)c2)nc1C(F)F. The van der Waals surface area contributed by atoms with Gasteiger partial charge in [-0.25, -0.2) is 40.1 Å². The van der Waals surface area contributed by atoms with Crippen LogP contribution in [0.5, 0.6) is 17.4 Å². The van der Waals surface area contributed by atoms with Crippen molar-refractivity contribution in [2.75, 3.05) is 11.5 Å². The first-order chi connectivity index (χ1) is 17.2. The molecule has 13 nitrogen and oxygen atoms in total. The molecule has 0 bridgehead atoms. The lowest BCUT2D eigenvalue weighted by Crippen LogP contribution is -2.52. The largest absolute Gasteiger partial charge is 0.505 e. The van der Waals surface area contributed by atoms with Crippen LogP contribution in [0.3, 0.4) is 0 Å². The number of halogens is 4. The van der Waals surface area contributed by atoms with E-state index in [9.17, 15) is 40.3 Å². The normalized spacial score (nSPS) is 15.5. The first-order valence-electron chi connectivity index (χ1n) is 9.77. The molecular weight excluding hydrogens is 587 g/mol. The van der Waals surface area contributed by atoms with Crippen molar-refractivity contribution in [2.45, 2.75) is 17.4 Å². The van der Waals surface area contributed by atoms with Gasteiger partial charge in [0.15, 0.2) is 27.0 Å². The average Bonchev–Trinajstić information content (AvgIpc) is 2.75. The lowest BCUT2D eigenvalue weighted by molar-refractivity contribution is 0.141. The van der Waals surface area contributed by atoms with E-state index < -0.39 is 77.3 Å². The Balaban J connectivity index is 1.65. The van der Waals surface area contributed by atoms with Crippen molar-refractivity contribution in [2.24, 2.45) is 0 Å². The monoisotopic (exact) mass is 599 g/mol. The van der Waals surface area contributed by atoms with Crippen LogP contribution < -0.4 is 20.7 Å². The maximum absolute atomic E-state index is 13.0. The summed E-state index contributed by atoms with van der Waals surface area (Å²) < 4.78 is 81.9. The summed E-state index contributed by atoms with van der Waals surface area (Å²) in [6.45, 7) is 0. The van der Waals surface area contributed by atoms with Crippen molar-refractivity contribution >= 4 is 43.1 Å². The number of aromatic nitrogens is 4. The van der Waals surface area contributed by atoms with Crippen molar-refractivity contribution in [1.82, 2.24) is 24.5 Å². The van der Waals surface area contributed by atoms with E-state index in [1.54, 1.807) is 4.98 Å². The molecule has 2 aromatic heterocycles. The van der Waals surface area contributed by atoms with Gasteiger partial charge in [-0.2, -0.15) is 9.78 Å². The van der Waals surface area contributed by atoms with Crippen LogP contribution in [0, 0.1) is 0 Å². The molecule has 3 N–H and O–H groups in total. The quantitative estimate of drug-likeness (QED) is 0.354. The Morgan fingerprint density at radius 3 is 2.38 bits per heavy atom. The van der Waals surface area contributed by atoms with Gasteiger partial charge in [0.1, 0.15) is 4.90 Å². The number of pyridine rings is 1. The minimum absolute atomic E-state index is 0.216. The van der Waals surface area contributed by atoms with Gasteiger partial charge >= 0.3 is 5.69 Å². The third kappa shape index (κ3) is 5.59. The van der Waals surface area contributed by atoms with Gasteiger partial charge in [-0.1, -0.05) is 23.2 Å². The number of rotatable bonds is 7. The second kappa shape index (κ2) is 9.64. The molecule has 19 heteroatoms. The van der Waals surface area contributed by atoms with E-state index in [0.717, 1.165) is 24.4 Å². The molecule has 0 amide bonds. The van der Waals surface area contributed by atoms with Crippen LogP contribution in [0.2, 0.25) is 10.0 Å². The molecule has 0 radical (unpaired) electrons. The fourth-order valence-corrected chi connectivity index (χ4v) is 6.57. The predicted molar refractivity (Wildman–Crippen MR) is 124 cm³/mol. The number of H-pyrrole nitrogens is 1. The molecule has 3 aromatic rings. The zero-order valence-corrected chi connectivity index (χ0v) is 21.0. The number of sulfonamides is 1. The molecule has 4 rings (SSSR count). The van der Waals surface area contributed by atoms with Gasteiger partial charge in [0.2, 0.25) is 15.9 Å². The lowest BCUT2D eigenvalue weighted by Gasteiger charge is -2.26. The smallest absolute Gasteiger partial charge is 0.349 e. The predicted octanol–water partition coefficient (Wildman–Crippen LogP) is 1.13. The standard InChI is InChI=1S/C18H13Cl2F2N5O8S2/c19-9-1-8(27-18(30)24-17(29)14(25-27)16(21)22)2-10(20)15(9)35-13-3-12(11(28)4-23-13)37(33,34)26-7-5-36(31,32)6-7/h1-4,7,16,26,28H,5-6H2,(H,24,29,30). The Kier molecular flexibility index (Phi) is 7.02. The third-order valence-corrected chi connectivity index (χ3v) is 8.77. The Morgan fingerprint density at radius 1 is 1.19 bits per heavy atom. The molecule has 0 spiro atoms. The number of nitrogens with one attached hydrogen (secondary N) is 2. The summed E-state index contributed by atoms with van der Waals surface area (Å²) in [5.74, 6) is -2.25. The molecule has 0 unspecified atom stereocenters. The van der Waals surface area contributed by atoms with E-state index in [-0.39, 0.29) is 21.5 Å². The number of aromatic hydroxyl groups is 1. The summed E-state index contributed by atoms with van der Waals surface area (Å²) in [6, 6.07) is 2.04. The van der Waals surface area contributed by atoms with Crippen LogP contribution in [-0.2, 0) is 19.9 Å². The Morgan fingerprint density at radius 2 is 1.81 bits per heavy atom. The molecule has 1 aromatic carbocycles. The van der Waals surface area contributed by atoms with Gasteiger partial charge in [-0.05, 0) is 12.1 Å². The minimum atomic E-state index is -4.39. The highest BCUT2D eigenvalue weighted by atomic mass is 35.5. The molecule has 0 atom stereocenters. The van der Waals surface area contributed by atoms with Gasteiger partial charge in [0.05, 0.1) is 33.4 Å².